The van der Waals surface area contributed by atoms with Crippen LogP contribution in [0.1, 0.15) is 83.7 Å². The Morgan fingerprint density at radius 2 is 1.97 bits per heavy atom. The van der Waals surface area contributed by atoms with Crippen LogP contribution in [0.15, 0.2) is 35.3 Å². The molecular weight excluding hydrogens is 484 g/mol. The molecule has 2 aliphatic heterocycles. The summed E-state index contributed by atoms with van der Waals surface area (Å²) in [5.74, 6) is -0.858. The van der Waals surface area contributed by atoms with Crippen LogP contribution >= 0.6 is 0 Å². The fourth-order valence-corrected chi connectivity index (χ4v) is 5.83. The number of ether oxygens (including phenoxy) is 1. The van der Waals surface area contributed by atoms with Crippen LogP contribution in [0.3, 0.4) is 0 Å². The molecule has 4 rings (SSSR count). The number of nitrogens with one attached hydrogen (secondary N) is 1. The molecule has 7 atom stereocenters. The summed E-state index contributed by atoms with van der Waals surface area (Å²) in [6.45, 7) is 12.9. The number of nitrogens with zero attached hydrogens (tertiary/aromatic N) is 1. The number of benzene rings is 1. The zero-order valence-corrected chi connectivity index (χ0v) is 23.2. The molecule has 0 spiro atoms. The first-order valence-electron chi connectivity index (χ1n) is 13.7. The zero-order chi connectivity index (χ0) is 27.8. The van der Waals surface area contributed by atoms with Gasteiger partial charge in [0.25, 0.3) is 0 Å². The monoisotopic (exact) mass is 526 g/mol. The lowest BCUT2D eigenvalue weighted by atomic mass is 9.71. The maximum absolute atomic E-state index is 13.6. The number of allylic oxidation sites excluding steroid dienone is 1. The highest BCUT2D eigenvalue weighted by Gasteiger charge is 2.52. The number of rotatable bonds is 3. The number of carbonyl (C=O) groups excluding carboxylic acids is 2. The smallest absolute Gasteiger partial charge is 0.223 e. The first kappa shape index (κ1) is 28.5. The van der Waals surface area contributed by atoms with E-state index in [-0.39, 0.29) is 41.8 Å². The number of ketones is 1. The van der Waals surface area contributed by atoms with Crippen molar-refractivity contribution in [3.05, 3.63) is 42.3 Å². The van der Waals surface area contributed by atoms with Crippen LogP contribution in [0.4, 0.5) is 0 Å². The van der Waals surface area contributed by atoms with E-state index in [1.165, 1.54) is 0 Å². The van der Waals surface area contributed by atoms with Gasteiger partial charge in [0, 0.05) is 19.3 Å². The molecule has 0 unspecified atom stereocenters. The lowest BCUT2D eigenvalue weighted by Crippen LogP contribution is -2.47. The van der Waals surface area contributed by atoms with E-state index >= 15 is 0 Å². The van der Waals surface area contributed by atoms with Gasteiger partial charge in [-0.1, -0.05) is 39.3 Å². The average molecular weight is 527 g/mol. The molecular formula is C30H42N2O6. The van der Waals surface area contributed by atoms with Crippen LogP contribution in [0.2, 0.25) is 0 Å². The largest absolute Gasteiger partial charge is 0.441 e. The van der Waals surface area contributed by atoms with Gasteiger partial charge in [0.1, 0.15) is 11.3 Å². The van der Waals surface area contributed by atoms with Gasteiger partial charge in [0.15, 0.2) is 11.5 Å². The molecule has 3 N–H and O–H groups in total. The third kappa shape index (κ3) is 5.87. The Morgan fingerprint density at radius 3 is 2.68 bits per heavy atom. The quantitative estimate of drug-likeness (QED) is 0.395. The van der Waals surface area contributed by atoms with Gasteiger partial charge in [-0.3, -0.25) is 9.59 Å². The number of amides is 1. The molecule has 1 amide bonds. The van der Waals surface area contributed by atoms with E-state index in [1.807, 2.05) is 25.1 Å². The summed E-state index contributed by atoms with van der Waals surface area (Å²) in [7, 11) is 0. The van der Waals surface area contributed by atoms with E-state index in [4.69, 9.17) is 9.15 Å². The van der Waals surface area contributed by atoms with Crippen LogP contribution in [-0.4, -0.2) is 50.8 Å². The topological polar surface area (TPSA) is 125 Å². The number of aromatic nitrogens is 1. The van der Waals surface area contributed by atoms with Crippen molar-refractivity contribution >= 4 is 22.8 Å². The summed E-state index contributed by atoms with van der Waals surface area (Å²) < 4.78 is 11.8. The fraction of sp³-hybridized carbons (Fsp3) is 0.633. The minimum atomic E-state index is -1.23. The van der Waals surface area contributed by atoms with Gasteiger partial charge >= 0.3 is 0 Å². The molecule has 2 saturated heterocycles. The fourth-order valence-electron chi connectivity index (χ4n) is 5.83. The van der Waals surface area contributed by atoms with Crippen molar-refractivity contribution in [3.63, 3.8) is 0 Å². The van der Waals surface area contributed by atoms with Crippen molar-refractivity contribution < 1.29 is 29.0 Å². The number of aliphatic hydroxyl groups is 2. The van der Waals surface area contributed by atoms with Crippen molar-refractivity contribution in [2.75, 3.05) is 0 Å². The minimum absolute atomic E-state index is 0.0351. The molecule has 0 radical (unpaired) electrons. The standard InChI is InChI=1S/C30H42N2O6/c1-7-9-20-27(35)17(2)10-8-13-30(6)25(38-30)15-21(19-11-12-23-22(14-19)31-18(3)37-23)32-26(34)16-24(33)29(4,5)28(20)36/h7,11-12,14,17,20-21,24-25,27,33,35H,1,8-10,13,15-16H2,2-6H3,(H,32,34)/t17-,20+,21-,24-,25+,27-,30-/m0/s1. The van der Waals surface area contributed by atoms with E-state index in [1.54, 1.807) is 26.8 Å². The molecule has 3 heterocycles. The predicted molar refractivity (Wildman–Crippen MR) is 144 cm³/mol. The van der Waals surface area contributed by atoms with Crippen molar-refractivity contribution in [1.29, 1.82) is 0 Å². The molecule has 8 heteroatoms. The molecule has 2 fully saturated rings. The third-order valence-corrected chi connectivity index (χ3v) is 8.67. The number of oxazole rings is 1. The molecule has 1 aromatic heterocycles. The van der Waals surface area contributed by atoms with E-state index in [0.29, 0.717) is 29.8 Å². The van der Waals surface area contributed by atoms with Gasteiger partial charge in [-0.2, -0.15) is 0 Å². The Balaban J connectivity index is 1.63. The Bertz CT molecular complexity index is 1190. The maximum Gasteiger partial charge on any atom is 0.223 e. The number of epoxide rings is 1. The predicted octanol–water partition coefficient (Wildman–Crippen LogP) is 4.56. The van der Waals surface area contributed by atoms with Gasteiger partial charge in [-0.15, -0.1) is 6.58 Å². The highest BCUT2D eigenvalue weighted by molar-refractivity contribution is 5.88. The highest BCUT2D eigenvalue weighted by Crippen LogP contribution is 2.46. The molecule has 2 aliphatic rings. The molecule has 0 aliphatic carbocycles. The zero-order valence-electron chi connectivity index (χ0n) is 23.2. The molecule has 0 bridgehead atoms. The maximum atomic E-state index is 13.6. The number of aliphatic hydroxyl groups excluding tert-OH is 2. The number of hydrogen-bond donors (Lipinski definition) is 3. The van der Waals surface area contributed by atoms with E-state index in [2.05, 4.69) is 23.8 Å². The number of carbonyl (C=O) groups is 2. The van der Waals surface area contributed by atoms with Crippen LogP contribution in [-0.2, 0) is 14.3 Å². The second-order valence-corrected chi connectivity index (χ2v) is 12.0. The molecule has 2 aromatic rings. The van der Waals surface area contributed by atoms with Crippen LogP contribution in [0.25, 0.3) is 11.1 Å². The molecule has 38 heavy (non-hydrogen) atoms. The van der Waals surface area contributed by atoms with E-state index in [0.717, 1.165) is 24.8 Å². The highest BCUT2D eigenvalue weighted by atomic mass is 16.6. The SMILES string of the molecule is C=CC[C@H]1C(=O)C(C)(C)[C@@H](O)CC(=O)N[C@H](c2ccc3oc(C)nc3c2)C[C@H]2O[C@@]2(C)CCC[C@H](C)[C@@H]1O. The van der Waals surface area contributed by atoms with Gasteiger partial charge in [0.05, 0.1) is 41.8 Å². The Kier molecular flexibility index (Phi) is 8.17. The Labute approximate surface area is 224 Å². The number of fused-ring (bicyclic) bond motifs is 2. The number of Topliss-reactive ketones (excluding diaryl/α,β-unsaturated/α-hetero) is 1. The first-order valence-corrected chi connectivity index (χ1v) is 13.7. The van der Waals surface area contributed by atoms with Crippen molar-refractivity contribution in [2.24, 2.45) is 17.3 Å². The summed E-state index contributed by atoms with van der Waals surface area (Å²) in [6.07, 6.45) is 2.56. The second kappa shape index (κ2) is 10.9. The molecule has 208 valence electrons. The van der Waals surface area contributed by atoms with Crippen molar-refractivity contribution in [1.82, 2.24) is 10.3 Å². The molecule has 8 nitrogen and oxygen atoms in total. The normalized spacial score (nSPS) is 34.9. The second-order valence-electron chi connectivity index (χ2n) is 12.0. The number of hydrogen-bond acceptors (Lipinski definition) is 7. The molecule has 0 saturated carbocycles. The first-order chi connectivity index (χ1) is 17.9. The summed E-state index contributed by atoms with van der Waals surface area (Å²) >= 11 is 0. The van der Waals surface area contributed by atoms with Crippen LogP contribution in [0.5, 0.6) is 0 Å². The summed E-state index contributed by atoms with van der Waals surface area (Å²) in [4.78, 5) is 31.3. The van der Waals surface area contributed by atoms with Crippen molar-refractivity contribution in [3.8, 4) is 0 Å². The summed E-state index contributed by atoms with van der Waals surface area (Å²) in [5.41, 5.74) is 0.739. The molecule has 1 aromatic carbocycles. The van der Waals surface area contributed by atoms with E-state index < -0.39 is 23.5 Å². The van der Waals surface area contributed by atoms with E-state index in [9.17, 15) is 19.8 Å². The van der Waals surface area contributed by atoms with Gasteiger partial charge < -0.3 is 24.7 Å². The minimum Gasteiger partial charge on any atom is -0.441 e. The summed E-state index contributed by atoms with van der Waals surface area (Å²) in [6, 6.07) is 5.33. The summed E-state index contributed by atoms with van der Waals surface area (Å²) in [5, 5.41) is 25.3. The third-order valence-electron chi connectivity index (χ3n) is 8.67. The lowest BCUT2D eigenvalue weighted by Gasteiger charge is -2.36. The van der Waals surface area contributed by atoms with Crippen LogP contribution in [0, 0.1) is 24.2 Å². The van der Waals surface area contributed by atoms with Crippen molar-refractivity contribution in [2.45, 2.75) is 103 Å². The van der Waals surface area contributed by atoms with Gasteiger partial charge in [-0.25, -0.2) is 4.98 Å². The Hall–Kier alpha value is -2.55. The average Bonchev–Trinajstić information content (AvgIpc) is 3.32. The Morgan fingerprint density at radius 1 is 1.24 bits per heavy atom. The van der Waals surface area contributed by atoms with Crippen LogP contribution < -0.4 is 5.32 Å². The number of aryl methyl sites for hydroxylation is 1. The van der Waals surface area contributed by atoms with Gasteiger partial charge in [0.2, 0.25) is 5.91 Å². The van der Waals surface area contributed by atoms with Gasteiger partial charge in [-0.05, 0) is 49.8 Å². The lowest BCUT2D eigenvalue weighted by molar-refractivity contribution is -0.144.